The van der Waals surface area contributed by atoms with E-state index in [1.54, 1.807) is 36.4 Å². The van der Waals surface area contributed by atoms with E-state index in [9.17, 15) is 49.3 Å². The molecule has 4 aromatic carbocycles. The Morgan fingerprint density at radius 3 is 1.60 bits per heavy atom. The summed E-state index contributed by atoms with van der Waals surface area (Å²) in [5.74, 6) is -3.21. The van der Waals surface area contributed by atoms with Crippen molar-refractivity contribution in [3.8, 4) is 0 Å². The highest BCUT2D eigenvalue weighted by Crippen LogP contribution is 2.35. The molecule has 0 saturated heterocycles. The number of unbranched alkanes of at least 4 members (excludes halogenated alkanes) is 1. The molecule has 0 radical (unpaired) electrons. The summed E-state index contributed by atoms with van der Waals surface area (Å²) in [5, 5.41) is 40.4. The van der Waals surface area contributed by atoms with E-state index in [1.807, 2.05) is 0 Å². The molecule has 6 rings (SSSR count). The molecule has 0 spiro atoms. The van der Waals surface area contributed by atoms with Gasteiger partial charge in [-0.25, -0.2) is 0 Å². The molecule has 268 valence electrons. The van der Waals surface area contributed by atoms with E-state index in [0.717, 1.165) is 9.80 Å². The maximum Gasteiger partial charge on any atom is 0.320 e. The van der Waals surface area contributed by atoms with E-state index < -0.39 is 45.5 Å². The largest absolute Gasteiger partial charge is 0.480 e. The molecule has 2 heterocycles. The van der Waals surface area contributed by atoms with Crippen molar-refractivity contribution in [3.63, 3.8) is 0 Å². The van der Waals surface area contributed by atoms with Crippen LogP contribution in [0.4, 0.5) is 11.4 Å². The highest BCUT2D eigenvalue weighted by Gasteiger charge is 2.35. The third kappa shape index (κ3) is 6.93. The van der Waals surface area contributed by atoms with Crippen LogP contribution in [0.25, 0.3) is 21.5 Å². The lowest BCUT2D eigenvalue weighted by atomic mass is 9.93. The summed E-state index contributed by atoms with van der Waals surface area (Å²) in [6, 6.07) is 13.8. The van der Waals surface area contributed by atoms with Gasteiger partial charge in [0.1, 0.15) is 6.04 Å². The topological polar surface area (TPSA) is 222 Å². The molecule has 2 aliphatic rings. The molecule has 3 N–H and O–H groups in total. The Morgan fingerprint density at radius 1 is 0.654 bits per heavy atom. The number of carbonyl (C=O) groups is 5. The summed E-state index contributed by atoms with van der Waals surface area (Å²) >= 11 is 0. The number of amides is 4. The molecule has 16 nitrogen and oxygen atoms in total. The first-order valence-corrected chi connectivity index (χ1v) is 16.8. The lowest BCUT2D eigenvalue weighted by Crippen LogP contribution is -2.43. The second kappa shape index (κ2) is 15.0. The number of carboxylic acid groups (broad SMARTS) is 1. The molecule has 4 amide bonds. The average molecular weight is 711 g/mol. The number of benzene rings is 4. The van der Waals surface area contributed by atoms with E-state index in [0.29, 0.717) is 65.9 Å². The van der Waals surface area contributed by atoms with Crippen LogP contribution in [0.2, 0.25) is 0 Å². The van der Waals surface area contributed by atoms with Crippen LogP contribution in [0.5, 0.6) is 0 Å². The summed E-state index contributed by atoms with van der Waals surface area (Å²) in [4.78, 5) is 88.4. The number of nitrogens with one attached hydrogen (secondary N) is 2. The van der Waals surface area contributed by atoms with Gasteiger partial charge in [-0.1, -0.05) is 30.7 Å². The van der Waals surface area contributed by atoms with E-state index in [2.05, 4.69) is 10.6 Å². The van der Waals surface area contributed by atoms with Crippen LogP contribution < -0.4 is 10.6 Å². The van der Waals surface area contributed by atoms with Crippen LogP contribution in [0.1, 0.15) is 73.5 Å². The molecule has 0 saturated carbocycles. The van der Waals surface area contributed by atoms with Crippen LogP contribution in [0.3, 0.4) is 0 Å². The molecule has 52 heavy (non-hydrogen) atoms. The first-order chi connectivity index (χ1) is 25.0. The zero-order valence-corrected chi connectivity index (χ0v) is 27.8. The van der Waals surface area contributed by atoms with E-state index in [4.69, 9.17) is 0 Å². The third-order valence-electron chi connectivity index (χ3n) is 9.33. The fourth-order valence-electron chi connectivity index (χ4n) is 6.81. The molecule has 4 aromatic rings. The van der Waals surface area contributed by atoms with Gasteiger partial charge in [-0.05, 0) is 68.2 Å². The van der Waals surface area contributed by atoms with Crippen molar-refractivity contribution < 1.29 is 38.9 Å². The monoisotopic (exact) mass is 710 g/mol. The normalized spacial score (nSPS) is 14.4. The van der Waals surface area contributed by atoms with Crippen molar-refractivity contribution in [3.05, 3.63) is 103 Å². The molecule has 1 atom stereocenters. The van der Waals surface area contributed by atoms with Gasteiger partial charge >= 0.3 is 5.97 Å². The van der Waals surface area contributed by atoms with Gasteiger partial charge in [-0.3, -0.25) is 54.0 Å². The number of hydrogen-bond donors (Lipinski definition) is 3. The lowest BCUT2D eigenvalue weighted by Gasteiger charge is -2.27. The van der Waals surface area contributed by atoms with Gasteiger partial charge in [0.15, 0.2) is 0 Å². The minimum Gasteiger partial charge on any atom is -0.480 e. The van der Waals surface area contributed by atoms with Crippen LogP contribution >= 0.6 is 0 Å². The molecule has 16 heteroatoms. The molecule has 2 aliphatic heterocycles. The quantitative estimate of drug-likeness (QED) is 0.0605. The van der Waals surface area contributed by atoms with Gasteiger partial charge in [-0.15, -0.1) is 0 Å². The number of rotatable bonds is 17. The summed E-state index contributed by atoms with van der Waals surface area (Å²) in [6.45, 7) is 1.36. The molecule has 0 fully saturated rings. The molecular weight excluding hydrogens is 676 g/mol. The summed E-state index contributed by atoms with van der Waals surface area (Å²) < 4.78 is 0. The predicted molar refractivity (Wildman–Crippen MR) is 187 cm³/mol. The maximum atomic E-state index is 13.2. The first kappa shape index (κ1) is 35.7. The number of non-ortho nitro benzene ring substituents is 2. The Morgan fingerprint density at radius 2 is 1.12 bits per heavy atom. The Hall–Kier alpha value is -6.13. The molecule has 0 aliphatic carbocycles. The number of nitrogens with zero attached hydrogens (tertiary/aromatic N) is 4. The Bertz CT molecular complexity index is 2170. The number of hydrogen-bond acceptors (Lipinski definition) is 11. The van der Waals surface area contributed by atoms with Crippen molar-refractivity contribution >= 4 is 62.5 Å². The van der Waals surface area contributed by atoms with Crippen LogP contribution in [-0.2, 0) is 4.79 Å². The minimum atomic E-state index is -1.04. The molecular formula is C36H34N6O10. The third-order valence-corrected chi connectivity index (χ3v) is 9.33. The second-order valence-electron chi connectivity index (χ2n) is 12.6. The standard InChI is InChI=1S/C36H34N6O10/c43-32-25-9-3-7-21-17-23(41(49)50)19-27(30(21)25)34(45)39(32)15-5-13-37-12-2-1-11-29(36(47)48)38-14-6-16-40-33(44)26-10-4-8-22-18-24(42(51)52)20-28(31(22)26)35(40)46/h3-4,7-10,17-20,29,37-38H,1-2,5-6,11-16H2,(H,47,48)/t29-/m0/s1. The van der Waals surface area contributed by atoms with E-state index in [-0.39, 0.29) is 54.1 Å². The zero-order valence-electron chi connectivity index (χ0n) is 27.8. The number of aliphatic carboxylic acids is 1. The van der Waals surface area contributed by atoms with Gasteiger partial charge in [0.2, 0.25) is 0 Å². The number of nitro benzene ring substituents is 2. The number of nitro groups is 2. The highest BCUT2D eigenvalue weighted by molar-refractivity contribution is 6.26. The van der Waals surface area contributed by atoms with Gasteiger partial charge in [0, 0.05) is 59.3 Å². The highest BCUT2D eigenvalue weighted by atomic mass is 16.6. The minimum absolute atomic E-state index is 0.00378. The van der Waals surface area contributed by atoms with E-state index in [1.165, 1.54) is 24.3 Å². The van der Waals surface area contributed by atoms with Gasteiger partial charge in [0.05, 0.1) is 21.0 Å². The van der Waals surface area contributed by atoms with Crippen molar-refractivity contribution in [1.82, 2.24) is 20.4 Å². The summed E-state index contributed by atoms with van der Waals surface area (Å²) in [5.41, 5.74) is 0.319. The fraction of sp³-hybridized carbons (Fsp3) is 0.306. The Labute approximate surface area is 295 Å². The first-order valence-electron chi connectivity index (χ1n) is 16.8. The average Bonchev–Trinajstić information content (AvgIpc) is 3.12. The molecule has 0 aromatic heterocycles. The Kier molecular flexibility index (Phi) is 10.3. The molecule has 0 unspecified atom stereocenters. The van der Waals surface area contributed by atoms with Crippen LogP contribution in [-0.4, -0.2) is 93.1 Å². The smallest absolute Gasteiger partial charge is 0.320 e. The number of imide groups is 2. The van der Waals surface area contributed by atoms with Crippen molar-refractivity contribution in [2.75, 3.05) is 32.7 Å². The predicted octanol–water partition coefficient (Wildman–Crippen LogP) is 4.28. The van der Waals surface area contributed by atoms with Gasteiger partial charge < -0.3 is 15.7 Å². The Balaban J connectivity index is 0.920. The summed E-state index contributed by atoms with van der Waals surface area (Å²) in [7, 11) is 0. The van der Waals surface area contributed by atoms with Crippen molar-refractivity contribution in [2.24, 2.45) is 0 Å². The summed E-state index contributed by atoms with van der Waals surface area (Å²) in [6.07, 6.45) is 2.26. The zero-order chi connectivity index (χ0) is 37.1. The number of carbonyl (C=O) groups excluding carboxylic acids is 4. The van der Waals surface area contributed by atoms with E-state index >= 15 is 0 Å². The van der Waals surface area contributed by atoms with Crippen molar-refractivity contribution in [2.45, 2.75) is 38.1 Å². The van der Waals surface area contributed by atoms with Crippen LogP contribution in [0, 0.1) is 20.2 Å². The lowest BCUT2D eigenvalue weighted by molar-refractivity contribution is -0.384. The second-order valence-corrected chi connectivity index (χ2v) is 12.6. The van der Waals surface area contributed by atoms with Gasteiger partial charge in [0.25, 0.3) is 35.0 Å². The van der Waals surface area contributed by atoms with Crippen LogP contribution in [0.15, 0.2) is 60.7 Å². The molecule has 0 bridgehead atoms. The van der Waals surface area contributed by atoms with Gasteiger partial charge in [-0.2, -0.15) is 0 Å². The van der Waals surface area contributed by atoms with Crippen molar-refractivity contribution in [1.29, 1.82) is 0 Å². The maximum absolute atomic E-state index is 13.2. The fourth-order valence-corrected chi connectivity index (χ4v) is 6.81. The number of carboxylic acids is 1. The SMILES string of the molecule is O=C(O)[C@H](CCCCNCCCN1C(=O)c2cccc3cc([N+](=O)[O-])cc(c23)C1=O)NCCCN1C(=O)c2cccc3cc([N+](=O)[O-])cc(c23)C1=O.